The van der Waals surface area contributed by atoms with Crippen LogP contribution in [0.5, 0.6) is 0 Å². The van der Waals surface area contributed by atoms with E-state index in [1.54, 1.807) is 0 Å². The number of halogens is 1. The molecule has 0 radical (unpaired) electrons. The Morgan fingerprint density at radius 1 is 1.04 bits per heavy atom. The van der Waals surface area contributed by atoms with Gasteiger partial charge in [-0.05, 0) is 43.1 Å². The standard InChI is InChI=1S/C19H29FN4O2/c1-15(2)14-22-19(26)18(25)21-8-3-9-23-10-12-24(13-11-23)17-6-4-16(20)5-7-17/h4-7,15H,3,8-14H2,1-2H3,(H,21,25)(H,22,26). The van der Waals surface area contributed by atoms with Crippen molar-refractivity contribution in [2.24, 2.45) is 5.92 Å². The highest BCUT2D eigenvalue weighted by Crippen LogP contribution is 2.16. The minimum absolute atomic E-state index is 0.215. The van der Waals surface area contributed by atoms with E-state index in [9.17, 15) is 14.0 Å². The lowest BCUT2D eigenvalue weighted by atomic mass is 10.2. The van der Waals surface area contributed by atoms with Crippen molar-refractivity contribution < 1.29 is 14.0 Å². The highest BCUT2D eigenvalue weighted by atomic mass is 19.1. The van der Waals surface area contributed by atoms with Gasteiger partial charge in [-0.15, -0.1) is 0 Å². The lowest BCUT2D eigenvalue weighted by Crippen LogP contribution is -2.47. The van der Waals surface area contributed by atoms with Gasteiger partial charge in [0.25, 0.3) is 0 Å². The number of nitrogens with one attached hydrogen (secondary N) is 2. The van der Waals surface area contributed by atoms with Gasteiger partial charge in [0.1, 0.15) is 5.82 Å². The largest absolute Gasteiger partial charge is 0.369 e. The van der Waals surface area contributed by atoms with Gasteiger partial charge in [-0.3, -0.25) is 14.5 Å². The summed E-state index contributed by atoms with van der Waals surface area (Å²) in [6, 6.07) is 6.60. The molecule has 6 nitrogen and oxygen atoms in total. The van der Waals surface area contributed by atoms with Crippen molar-refractivity contribution >= 4 is 17.5 Å². The average Bonchev–Trinajstić information content (AvgIpc) is 2.64. The Labute approximate surface area is 154 Å². The second-order valence-corrected chi connectivity index (χ2v) is 7.02. The summed E-state index contributed by atoms with van der Waals surface area (Å²) in [4.78, 5) is 27.8. The third-order valence-corrected chi connectivity index (χ3v) is 4.38. The number of nitrogens with zero attached hydrogens (tertiary/aromatic N) is 2. The Morgan fingerprint density at radius 2 is 1.65 bits per heavy atom. The van der Waals surface area contributed by atoms with E-state index in [4.69, 9.17) is 0 Å². The molecule has 1 fully saturated rings. The van der Waals surface area contributed by atoms with Crippen molar-refractivity contribution in [1.82, 2.24) is 15.5 Å². The van der Waals surface area contributed by atoms with Gasteiger partial charge in [0.15, 0.2) is 0 Å². The quantitative estimate of drug-likeness (QED) is 0.564. The Kier molecular flexibility index (Phi) is 7.84. The smallest absolute Gasteiger partial charge is 0.309 e. The summed E-state index contributed by atoms with van der Waals surface area (Å²) in [5, 5.41) is 5.27. The SMILES string of the molecule is CC(C)CNC(=O)C(=O)NCCCN1CCN(c2ccc(F)cc2)CC1. The number of carbonyl (C=O) groups excluding carboxylic acids is 2. The van der Waals surface area contributed by atoms with Crippen molar-refractivity contribution in [2.75, 3.05) is 50.7 Å². The summed E-state index contributed by atoms with van der Waals surface area (Å²) < 4.78 is 13.0. The predicted molar refractivity (Wildman–Crippen MR) is 101 cm³/mol. The molecule has 0 unspecified atom stereocenters. The number of benzene rings is 1. The monoisotopic (exact) mass is 364 g/mol. The van der Waals surface area contributed by atoms with Crippen LogP contribution in [-0.4, -0.2) is 62.5 Å². The van der Waals surface area contributed by atoms with E-state index >= 15 is 0 Å². The number of hydrogen-bond acceptors (Lipinski definition) is 4. The van der Waals surface area contributed by atoms with Crippen LogP contribution in [0.3, 0.4) is 0 Å². The molecule has 144 valence electrons. The summed E-state index contributed by atoms with van der Waals surface area (Å²) in [7, 11) is 0. The third kappa shape index (κ3) is 6.63. The zero-order valence-electron chi connectivity index (χ0n) is 15.6. The number of amides is 2. The third-order valence-electron chi connectivity index (χ3n) is 4.38. The molecule has 1 aliphatic rings. The Morgan fingerprint density at radius 3 is 2.27 bits per heavy atom. The molecule has 0 atom stereocenters. The minimum Gasteiger partial charge on any atom is -0.369 e. The molecule has 2 amide bonds. The van der Waals surface area contributed by atoms with Gasteiger partial charge >= 0.3 is 11.8 Å². The Balaban J connectivity index is 1.59. The van der Waals surface area contributed by atoms with Crippen LogP contribution in [0.4, 0.5) is 10.1 Å². The maximum Gasteiger partial charge on any atom is 0.309 e. The Bertz CT molecular complexity index is 584. The maximum atomic E-state index is 13.0. The van der Waals surface area contributed by atoms with E-state index in [1.165, 1.54) is 12.1 Å². The minimum atomic E-state index is -0.563. The van der Waals surface area contributed by atoms with Crippen molar-refractivity contribution in [1.29, 1.82) is 0 Å². The zero-order chi connectivity index (χ0) is 18.9. The molecule has 0 spiro atoms. The van der Waals surface area contributed by atoms with E-state index < -0.39 is 11.8 Å². The molecule has 1 aliphatic heterocycles. The second kappa shape index (κ2) is 10.1. The molecule has 1 aromatic carbocycles. The molecule has 0 bridgehead atoms. The van der Waals surface area contributed by atoms with Gasteiger partial charge in [-0.2, -0.15) is 0 Å². The number of anilines is 1. The summed E-state index contributed by atoms with van der Waals surface area (Å²) in [5.74, 6) is -1.02. The molecular weight excluding hydrogens is 335 g/mol. The van der Waals surface area contributed by atoms with Crippen molar-refractivity contribution in [2.45, 2.75) is 20.3 Å². The Hall–Kier alpha value is -2.15. The maximum absolute atomic E-state index is 13.0. The van der Waals surface area contributed by atoms with E-state index in [1.807, 2.05) is 26.0 Å². The van der Waals surface area contributed by atoms with Crippen LogP contribution < -0.4 is 15.5 Å². The lowest BCUT2D eigenvalue weighted by Gasteiger charge is -2.36. The highest BCUT2D eigenvalue weighted by molar-refractivity contribution is 6.35. The molecule has 1 heterocycles. The average molecular weight is 364 g/mol. The first-order chi connectivity index (χ1) is 12.5. The summed E-state index contributed by atoms with van der Waals surface area (Å²) >= 11 is 0. The molecule has 1 saturated heterocycles. The van der Waals surface area contributed by atoms with Crippen molar-refractivity contribution in [3.05, 3.63) is 30.1 Å². The van der Waals surface area contributed by atoms with Crippen molar-refractivity contribution in [3.63, 3.8) is 0 Å². The van der Waals surface area contributed by atoms with E-state index in [0.717, 1.165) is 44.8 Å². The first-order valence-corrected chi connectivity index (χ1v) is 9.24. The number of carbonyl (C=O) groups is 2. The van der Waals surface area contributed by atoms with Crippen LogP contribution >= 0.6 is 0 Å². The van der Waals surface area contributed by atoms with E-state index in [0.29, 0.717) is 19.0 Å². The molecular formula is C19H29FN4O2. The fraction of sp³-hybridized carbons (Fsp3) is 0.579. The van der Waals surface area contributed by atoms with Gasteiger partial charge in [-0.1, -0.05) is 13.8 Å². The lowest BCUT2D eigenvalue weighted by molar-refractivity contribution is -0.139. The zero-order valence-corrected chi connectivity index (χ0v) is 15.6. The van der Waals surface area contributed by atoms with Gasteiger partial charge in [-0.25, -0.2) is 4.39 Å². The van der Waals surface area contributed by atoms with E-state index in [-0.39, 0.29) is 5.82 Å². The van der Waals surface area contributed by atoms with Crippen LogP contribution in [0.2, 0.25) is 0 Å². The molecule has 26 heavy (non-hydrogen) atoms. The fourth-order valence-electron chi connectivity index (χ4n) is 2.84. The van der Waals surface area contributed by atoms with Crippen LogP contribution in [0, 0.1) is 11.7 Å². The van der Waals surface area contributed by atoms with Crippen LogP contribution in [0.15, 0.2) is 24.3 Å². The predicted octanol–water partition coefficient (Wildman–Crippen LogP) is 1.23. The normalized spacial score (nSPS) is 15.2. The second-order valence-electron chi connectivity index (χ2n) is 7.02. The molecule has 7 heteroatoms. The van der Waals surface area contributed by atoms with Crippen LogP contribution in [-0.2, 0) is 9.59 Å². The number of piperazine rings is 1. The molecule has 2 rings (SSSR count). The van der Waals surface area contributed by atoms with Crippen molar-refractivity contribution in [3.8, 4) is 0 Å². The topological polar surface area (TPSA) is 64.7 Å². The summed E-state index contributed by atoms with van der Waals surface area (Å²) in [5.41, 5.74) is 1.05. The first-order valence-electron chi connectivity index (χ1n) is 9.24. The highest BCUT2D eigenvalue weighted by Gasteiger charge is 2.17. The van der Waals surface area contributed by atoms with Crippen LogP contribution in [0.1, 0.15) is 20.3 Å². The van der Waals surface area contributed by atoms with Gasteiger partial charge in [0, 0.05) is 45.0 Å². The van der Waals surface area contributed by atoms with Gasteiger partial charge in [0.2, 0.25) is 0 Å². The van der Waals surface area contributed by atoms with Gasteiger partial charge in [0.05, 0.1) is 0 Å². The first kappa shape index (κ1) is 20.2. The molecule has 1 aromatic rings. The molecule has 0 saturated carbocycles. The summed E-state index contributed by atoms with van der Waals surface area (Å²) in [6.07, 6.45) is 0.805. The molecule has 0 aromatic heterocycles. The molecule has 2 N–H and O–H groups in total. The number of hydrogen-bond donors (Lipinski definition) is 2. The fourth-order valence-corrected chi connectivity index (χ4v) is 2.84. The number of rotatable bonds is 7. The van der Waals surface area contributed by atoms with Gasteiger partial charge < -0.3 is 15.5 Å². The molecule has 0 aliphatic carbocycles. The van der Waals surface area contributed by atoms with Crippen LogP contribution in [0.25, 0.3) is 0 Å². The van der Waals surface area contributed by atoms with E-state index in [2.05, 4.69) is 20.4 Å². The summed E-state index contributed by atoms with van der Waals surface area (Å²) in [6.45, 7) is 9.50.